The Morgan fingerprint density at radius 3 is 2.50 bits per heavy atom. The average Bonchev–Trinajstić information content (AvgIpc) is 2.69. The topological polar surface area (TPSA) is 66.4 Å². The number of aromatic nitrogens is 2. The van der Waals surface area contributed by atoms with E-state index < -0.39 is 0 Å². The van der Waals surface area contributed by atoms with E-state index in [2.05, 4.69) is 16.9 Å². The highest BCUT2D eigenvalue weighted by Crippen LogP contribution is 2.53. The van der Waals surface area contributed by atoms with Gasteiger partial charge in [-0.15, -0.1) is 0 Å². The van der Waals surface area contributed by atoms with Gasteiger partial charge in [0, 0.05) is 43.4 Å². The molecule has 1 aliphatic carbocycles. The number of hydrogen-bond donors (Lipinski definition) is 0. The molecule has 2 bridgehead atoms. The minimum atomic E-state index is -0.0830. The lowest BCUT2D eigenvalue weighted by molar-refractivity contribution is -0.136. The predicted molar refractivity (Wildman–Crippen MR) is 88.1 cm³/mol. The molecule has 3 fully saturated rings. The van der Waals surface area contributed by atoms with Crippen LogP contribution in [0.15, 0.2) is 18.5 Å². The Labute approximate surface area is 142 Å². The molecule has 0 N–H and O–H groups in total. The van der Waals surface area contributed by atoms with E-state index in [9.17, 15) is 9.59 Å². The molecule has 6 heteroatoms. The zero-order valence-corrected chi connectivity index (χ0v) is 14.3. The summed E-state index contributed by atoms with van der Waals surface area (Å²) in [6, 6.07) is 2.22. The van der Waals surface area contributed by atoms with Gasteiger partial charge >= 0.3 is 0 Å². The highest BCUT2D eigenvalue weighted by Gasteiger charge is 2.60. The lowest BCUT2D eigenvalue weighted by atomic mass is 9.71. The van der Waals surface area contributed by atoms with Crippen LogP contribution in [0.5, 0.6) is 0 Å². The van der Waals surface area contributed by atoms with E-state index in [4.69, 9.17) is 0 Å². The SMILES string of the molecule is CC(=O)N1C[C@@H]2C[C@@]3(C)[C@H](CCCC[C@@H]13)N2C(=O)c1ncccn1. The van der Waals surface area contributed by atoms with Crippen LogP contribution >= 0.6 is 0 Å². The van der Waals surface area contributed by atoms with Crippen LogP contribution < -0.4 is 0 Å². The van der Waals surface area contributed by atoms with Crippen LogP contribution in [0.25, 0.3) is 0 Å². The van der Waals surface area contributed by atoms with E-state index in [1.165, 1.54) is 0 Å². The van der Waals surface area contributed by atoms with E-state index in [-0.39, 0.29) is 41.2 Å². The quantitative estimate of drug-likeness (QED) is 0.789. The number of fused-ring (bicyclic) bond motifs is 1. The fourth-order valence-electron chi connectivity index (χ4n) is 5.35. The van der Waals surface area contributed by atoms with Gasteiger partial charge in [-0.05, 0) is 25.3 Å². The molecular formula is C18H24N4O2. The van der Waals surface area contributed by atoms with Crippen molar-refractivity contribution in [2.75, 3.05) is 6.54 Å². The fourth-order valence-corrected chi connectivity index (χ4v) is 5.35. The Kier molecular flexibility index (Phi) is 3.58. The van der Waals surface area contributed by atoms with E-state index in [1.54, 1.807) is 25.4 Å². The normalized spacial score (nSPS) is 34.8. The van der Waals surface area contributed by atoms with Gasteiger partial charge in [-0.2, -0.15) is 0 Å². The first kappa shape index (κ1) is 15.5. The summed E-state index contributed by atoms with van der Waals surface area (Å²) in [6.45, 7) is 4.57. The Bertz CT molecular complexity index is 664. The number of piperidine rings is 1. The molecule has 4 rings (SSSR count). The third kappa shape index (κ3) is 2.15. The standard InChI is InChI=1S/C18H24N4O2/c1-12(23)21-11-13-10-18(2)14(21)6-3-4-7-15(18)22(13)17(24)16-19-8-5-9-20-16/h5,8-9,13-15H,3-4,6-7,10-11H2,1-2H3/t13-,14+,15-,18+/m0/s1. The molecule has 0 radical (unpaired) electrons. The Hall–Kier alpha value is -1.98. The number of carbonyl (C=O) groups is 2. The lowest BCUT2D eigenvalue weighted by Crippen LogP contribution is -2.55. The maximum Gasteiger partial charge on any atom is 0.292 e. The van der Waals surface area contributed by atoms with E-state index in [1.807, 2.05) is 9.80 Å². The van der Waals surface area contributed by atoms with Crippen molar-refractivity contribution in [2.45, 2.75) is 64.1 Å². The van der Waals surface area contributed by atoms with Gasteiger partial charge in [0.15, 0.2) is 0 Å². The van der Waals surface area contributed by atoms with Crippen molar-refractivity contribution in [2.24, 2.45) is 5.41 Å². The number of carbonyl (C=O) groups excluding carboxylic acids is 2. The first-order valence-electron chi connectivity index (χ1n) is 8.89. The molecule has 4 atom stereocenters. The zero-order valence-electron chi connectivity index (χ0n) is 14.3. The molecule has 1 saturated carbocycles. The third-order valence-corrected chi connectivity index (χ3v) is 6.31. The van der Waals surface area contributed by atoms with Crippen LogP contribution in [0.1, 0.15) is 56.6 Å². The molecular weight excluding hydrogens is 304 g/mol. The summed E-state index contributed by atoms with van der Waals surface area (Å²) < 4.78 is 0. The summed E-state index contributed by atoms with van der Waals surface area (Å²) in [5, 5.41) is 0. The molecule has 2 saturated heterocycles. The van der Waals surface area contributed by atoms with Crippen LogP contribution in [-0.2, 0) is 4.79 Å². The van der Waals surface area contributed by atoms with Crippen LogP contribution in [0.3, 0.4) is 0 Å². The van der Waals surface area contributed by atoms with Crippen molar-refractivity contribution in [1.82, 2.24) is 19.8 Å². The van der Waals surface area contributed by atoms with Crippen molar-refractivity contribution >= 4 is 11.8 Å². The highest BCUT2D eigenvalue weighted by atomic mass is 16.2. The number of likely N-dealkylation sites (tertiary alicyclic amines) is 2. The van der Waals surface area contributed by atoms with Crippen molar-refractivity contribution in [3.63, 3.8) is 0 Å². The van der Waals surface area contributed by atoms with Gasteiger partial charge in [0.25, 0.3) is 5.91 Å². The van der Waals surface area contributed by atoms with E-state index in [0.29, 0.717) is 6.54 Å². The van der Waals surface area contributed by atoms with Crippen molar-refractivity contribution in [3.05, 3.63) is 24.3 Å². The molecule has 24 heavy (non-hydrogen) atoms. The molecule has 1 aromatic rings. The van der Waals surface area contributed by atoms with Crippen LogP contribution in [-0.4, -0.2) is 56.3 Å². The van der Waals surface area contributed by atoms with Crippen LogP contribution in [0, 0.1) is 5.41 Å². The second-order valence-electron chi connectivity index (χ2n) is 7.64. The minimum Gasteiger partial charge on any atom is -0.337 e. The fraction of sp³-hybridized carbons (Fsp3) is 0.667. The van der Waals surface area contributed by atoms with Gasteiger partial charge in [0.05, 0.1) is 6.04 Å². The van der Waals surface area contributed by atoms with Crippen molar-refractivity contribution in [3.8, 4) is 0 Å². The van der Waals surface area contributed by atoms with Gasteiger partial charge in [0.2, 0.25) is 11.7 Å². The summed E-state index contributed by atoms with van der Waals surface area (Å²) in [7, 11) is 0. The molecule has 6 nitrogen and oxygen atoms in total. The minimum absolute atomic E-state index is 0.0183. The van der Waals surface area contributed by atoms with Crippen molar-refractivity contribution in [1.29, 1.82) is 0 Å². The van der Waals surface area contributed by atoms with Gasteiger partial charge in [-0.1, -0.05) is 19.8 Å². The average molecular weight is 328 g/mol. The molecule has 128 valence electrons. The Morgan fingerprint density at radius 2 is 1.83 bits per heavy atom. The van der Waals surface area contributed by atoms with Gasteiger partial charge in [-0.25, -0.2) is 9.97 Å². The third-order valence-electron chi connectivity index (χ3n) is 6.31. The number of rotatable bonds is 1. The van der Waals surface area contributed by atoms with E-state index >= 15 is 0 Å². The first-order valence-corrected chi connectivity index (χ1v) is 8.89. The summed E-state index contributed by atoms with van der Waals surface area (Å²) >= 11 is 0. The van der Waals surface area contributed by atoms with Crippen LogP contribution in [0.2, 0.25) is 0 Å². The van der Waals surface area contributed by atoms with Crippen molar-refractivity contribution < 1.29 is 9.59 Å². The van der Waals surface area contributed by atoms with Gasteiger partial charge < -0.3 is 9.80 Å². The number of hydrogen-bond acceptors (Lipinski definition) is 4. The summed E-state index contributed by atoms with van der Waals surface area (Å²) in [6.07, 6.45) is 8.48. The highest BCUT2D eigenvalue weighted by molar-refractivity contribution is 5.91. The predicted octanol–water partition coefficient (Wildman–Crippen LogP) is 1.87. The molecule has 2 aliphatic heterocycles. The maximum absolute atomic E-state index is 13.1. The summed E-state index contributed by atoms with van der Waals surface area (Å²) in [5.41, 5.74) is -0.0183. The van der Waals surface area contributed by atoms with Gasteiger partial charge in [-0.3, -0.25) is 9.59 Å². The number of nitrogens with zero attached hydrogens (tertiary/aromatic N) is 4. The maximum atomic E-state index is 13.1. The summed E-state index contributed by atoms with van der Waals surface area (Å²) in [5.74, 6) is 0.311. The lowest BCUT2D eigenvalue weighted by Gasteiger charge is -2.46. The van der Waals surface area contributed by atoms with Gasteiger partial charge in [0.1, 0.15) is 0 Å². The Balaban J connectivity index is 1.75. The molecule has 0 spiro atoms. The molecule has 1 aromatic heterocycles. The molecule has 2 amide bonds. The largest absolute Gasteiger partial charge is 0.337 e. The smallest absolute Gasteiger partial charge is 0.292 e. The monoisotopic (exact) mass is 328 g/mol. The zero-order chi connectivity index (χ0) is 16.9. The number of amides is 2. The second kappa shape index (κ2) is 5.53. The molecule has 3 heterocycles. The Morgan fingerprint density at radius 1 is 1.17 bits per heavy atom. The van der Waals surface area contributed by atoms with E-state index in [0.717, 1.165) is 32.1 Å². The second-order valence-corrected chi connectivity index (χ2v) is 7.64. The first-order chi connectivity index (χ1) is 11.5. The molecule has 0 unspecified atom stereocenters. The van der Waals surface area contributed by atoms with Crippen LogP contribution in [0.4, 0.5) is 0 Å². The molecule has 3 aliphatic rings. The molecule has 0 aromatic carbocycles. The summed E-state index contributed by atoms with van der Waals surface area (Å²) in [4.78, 5) is 37.7.